The number of hydrogen-bond donors (Lipinski definition) is 1. The zero-order valence-electron chi connectivity index (χ0n) is 8.76. The Bertz CT molecular complexity index is 485. The minimum Gasteiger partial charge on any atom is -0.382 e. The average molecular weight is 218 g/mol. The number of halogens is 1. The van der Waals surface area contributed by atoms with Gasteiger partial charge in [0.25, 0.3) is 0 Å². The van der Waals surface area contributed by atoms with Gasteiger partial charge >= 0.3 is 0 Å². The lowest BCUT2D eigenvalue weighted by Gasteiger charge is -2.10. The number of aliphatic hydroxyl groups is 1. The molecule has 0 fully saturated rings. The van der Waals surface area contributed by atoms with Crippen LogP contribution in [-0.2, 0) is 0 Å². The number of aromatic nitrogens is 2. The lowest BCUT2D eigenvalue weighted by atomic mass is 10.1. The average Bonchev–Trinajstić information content (AvgIpc) is 2.30. The van der Waals surface area contributed by atoms with E-state index in [0.29, 0.717) is 5.69 Å². The molecule has 0 amide bonds. The third-order valence-electron chi connectivity index (χ3n) is 2.31. The molecule has 16 heavy (non-hydrogen) atoms. The molecule has 82 valence electrons. The first-order valence-electron chi connectivity index (χ1n) is 4.88. The monoisotopic (exact) mass is 218 g/mol. The number of pyridine rings is 2. The van der Waals surface area contributed by atoms with Crippen LogP contribution in [-0.4, -0.2) is 15.1 Å². The first kappa shape index (κ1) is 10.7. The van der Waals surface area contributed by atoms with Gasteiger partial charge < -0.3 is 5.11 Å². The van der Waals surface area contributed by atoms with Crippen molar-refractivity contribution in [3.8, 4) is 0 Å². The number of aryl methyl sites for hydroxylation is 1. The summed E-state index contributed by atoms with van der Waals surface area (Å²) in [4.78, 5) is 7.69. The van der Waals surface area contributed by atoms with Gasteiger partial charge in [0, 0.05) is 18.0 Å². The smallest absolute Gasteiger partial charge is 0.147 e. The van der Waals surface area contributed by atoms with Crippen LogP contribution in [0.5, 0.6) is 0 Å². The molecule has 2 aromatic rings. The molecule has 0 bridgehead atoms. The van der Waals surface area contributed by atoms with E-state index in [1.54, 1.807) is 12.3 Å². The van der Waals surface area contributed by atoms with Crippen LogP contribution in [0.25, 0.3) is 0 Å². The zero-order valence-corrected chi connectivity index (χ0v) is 8.76. The van der Waals surface area contributed by atoms with E-state index in [1.165, 1.54) is 12.3 Å². The van der Waals surface area contributed by atoms with E-state index < -0.39 is 11.9 Å². The molecule has 3 nitrogen and oxygen atoms in total. The predicted molar refractivity (Wildman–Crippen MR) is 57.2 cm³/mol. The van der Waals surface area contributed by atoms with Crippen LogP contribution in [0.3, 0.4) is 0 Å². The number of nitrogens with zero attached hydrogens (tertiary/aromatic N) is 2. The van der Waals surface area contributed by atoms with Crippen molar-refractivity contribution in [3.63, 3.8) is 0 Å². The minimum absolute atomic E-state index is 0.186. The zero-order chi connectivity index (χ0) is 11.5. The van der Waals surface area contributed by atoms with Gasteiger partial charge in [0.15, 0.2) is 0 Å². The Labute approximate surface area is 92.6 Å². The van der Waals surface area contributed by atoms with E-state index in [-0.39, 0.29) is 5.56 Å². The number of aliphatic hydroxyl groups excluding tert-OH is 1. The maximum Gasteiger partial charge on any atom is 0.147 e. The molecule has 0 radical (unpaired) electrons. The van der Waals surface area contributed by atoms with Crippen molar-refractivity contribution in [3.05, 3.63) is 59.4 Å². The van der Waals surface area contributed by atoms with Crippen LogP contribution in [0.15, 0.2) is 36.8 Å². The molecule has 0 aromatic carbocycles. The molecule has 1 atom stereocenters. The van der Waals surface area contributed by atoms with Gasteiger partial charge in [0.05, 0.1) is 11.9 Å². The highest BCUT2D eigenvalue weighted by Gasteiger charge is 2.15. The Kier molecular flexibility index (Phi) is 2.92. The molecule has 0 saturated carbocycles. The van der Waals surface area contributed by atoms with Crippen LogP contribution in [0.1, 0.15) is 22.9 Å². The van der Waals surface area contributed by atoms with Gasteiger partial charge in [-0.2, -0.15) is 0 Å². The summed E-state index contributed by atoms with van der Waals surface area (Å²) in [5.41, 5.74) is 1.60. The van der Waals surface area contributed by atoms with Gasteiger partial charge in [-0.25, -0.2) is 4.39 Å². The summed E-state index contributed by atoms with van der Waals surface area (Å²) < 4.78 is 13.4. The van der Waals surface area contributed by atoms with Crippen molar-refractivity contribution in [1.82, 2.24) is 9.97 Å². The standard InChI is InChI=1S/C12H11FN2O/c1-8-2-3-11(15-6-8)12(16)9-4-5-14-7-10(9)13/h2-7,12,16H,1H3. The van der Waals surface area contributed by atoms with Gasteiger partial charge in [0.2, 0.25) is 0 Å². The molecule has 1 unspecified atom stereocenters. The molecule has 2 aromatic heterocycles. The minimum atomic E-state index is -1.05. The lowest BCUT2D eigenvalue weighted by molar-refractivity contribution is 0.210. The first-order valence-corrected chi connectivity index (χ1v) is 4.88. The van der Waals surface area contributed by atoms with E-state index in [9.17, 15) is 9.50 Å². The maximum atomic E-state index is 13.4. The molecule has 4 heteroatoms. The van der Waals surface area contributed by atoms with Gasteiger partial charge in [-0.05, 0) is 24.6 Å². The third kappa shape index (κ3) is 2.06. The Morgan fingerprint density at radius 2 is 2.06 bits per heavy atom. The normalized spacial score (nSPS) is 12.4. The van der Waals surface area contributed by atoms with Crippen molar-refractivity contribution in [2.45, 2.75) is 13.0 Å². The van der Waals surface area contributed by atoms with Crippen molar-refractivity contribution in [1.29, 1.82) is 0 Å². The van der Waals surface area contributed by atoms with Gasteiger partial charge in [0.1, 0.15) is 11.9 Å². The summed E-state index contributed by atoms with van der Waals surface area (Å²) in [6, 6.07) is 4.95. The summed E-state index contributed by atoms with van der Waals surface area (Å²) in [5, 5.41) is 9.93. The number of rotatable bonds is 2. The van der Waals surface area contributed by atoms with Crippen LogP contribution in [0.2, 0.25) is 0 Å². The maximum absolute atomic E-state index is 13.4. The Morgan fingerprint density at radius 1 is 1.25 bits per heavy atom. The van der Waals surface area contributed by atoms with Gasteiger partial charge in [-0.3, -0.25) is 9.97 Å². The number of hydrogen-bond acceptors (Lipinski definition) is 3. The highest BCUT2D eigenvalue weighted by molar-refractivity contribution is 5.25. The molecular weight excluding hydrogens is 207 g/mol. The summed E-state index contributed by atoms with van der Waals surface area (Å²) in [7, 11) is 0. The topological polar surface area (TPSA) is 46.0 Å². The van der Waals surface area contributed by atoms with Gasteiger partial charge in [-0.1, -0.05) is 6.07 Å². The summed E-state index contributed by atoms with van der Waals surface area (Å²) in [6.07, 6.45) is 3.10. The molecule has 1 N–H and O–H groups in total. The molecule has 0 saturated heterocycles. The SMILES string of the molecule is Cc1ccc(C(O)c2ccncc2F)nc1. The van der Waals surface area contributed by atoms with Crippen molar-refractivity contribution < 1.29 is 9.50 Å². The highest BCUT2D eigenvalue weighted by Crippen LogP contribution is 2.21. The lowest BCUT2D eigenvalue weighted by Crippen LogP contribution is -2.05. The fourth-order valence-electron chi connectivity index (χ4n) is 1.41. The molecule has 0 aliphatic rings. The van der Waals surface area contributed by atoms with Crippen molar-refractivity contribution >= 4 is 0 Å². The highest BCUT2D eigenvalue weighted by atomic mass is 19.1. The molecule has 0 aliphatic carbocycles. The fourth-order valence-corrected chi connectivity index (χ4v) is 1.41. The van der Waals surface area contributed by atoms with Gasteiger partial charge in [-0.15, -0.1) is 0 Å². The van der Waals surface area contributed by atoms with E-state index in [4.69, 9.17) is 0 Å². The fraction of sp³-hybridized carbons (Fsp3) is 0.167. The van der Waals surface area contributed by atoms with Crippen LogP contribution in [0, 0.1) is 12.7 Å². The van der Waals surface area contributed by atoms with Crippen LogP contribution < -0.4 is 0 Å². The predicted octanol–water partition coefficient (Wildman–Crippen LogP) is 2.01. The Hall–Kier alpha value is -1.81. The largest absolute Gasteiger partial charge is 0.382 e. The molecule has 2 heterocycles. The summed E-state index contributed by atoms with van der Waals surface area (Å²) in [5.74, 6) is -0.530. The second kappa shape index (κ2) is 4.37. The molecule has 0 aliphatic heterocycles. The second-order valence-electron chi connectivity index (χ2n) is 3.56. The van der Waals surface area contributed by atoms with E-state index >= 15 is 0 Å². The quantitative estimate of drug-likeness (QED) is 0.838. The molecule has 2 rings (SSSR count). The van der Waals surface area contributed by atoms with Crippen molar-refractivity contribution in [2.24, 2.45) is 0 Å². The molecule has 0 spiro atoms. The Balaban J connectivity index is 2.35. The second-order valence-corrected chi connectivity index (χ2v) is 3.56. The summed E-state index contributed by atoms with van der Waals surface area (Å²) in [6.45, 7) is 1.90. The van der Waals surface area contributed by atoms with Crippen LogP contribution in [0.4, 0.5) is 4.39 Å². The van der Waals surface area contributed by atoms with E-state index in [2.05, 4.69) is 9.97 Å². The third-order valence-corrected chi connectivity index (χ3v) is 2.31. The first-order chi connectivity index (χ1) is 7.68. The summed E-state index contributed by atoms with van der Waals surface area (Å²) >= 11 is 0. The van der Waals surface area contributed by atoms with Crippen molar-refractivity contribution in [2.75, 3.05) is 0 Å². The van der Waals surface area contributed by atoms with E-state index in [1.807, 2.05) is 13.0 Å². The Morgan fingerprint density at radius 3 is 2.69 bits per heavy atom. The van der Waals surface area contributed by atoms with E-state index in [0.717, 1.165) is 11.8 Å². The van der Waals surface area contributed by atoms with Crippen LogP contribution >= 0.6 is 0 Å². The molecular formula is C12H11FN2O.